The van der Waals surface area contributed by atoms with E-state index in [1.807, 2.05) is 24.3 Å². The van der Waals surface area contributed by atoms with E-state index in [2.05, 4.69) is 36.4 Å². The van der Waals surface area contributed by atoms with Gasteiger partial charge in [-0.25, -0.2) is 9.78 Å². The summed E-state index contributed by atoms with van der Waals surface area (Å²) in [5.74, 6) is 0.0652. The van der Waals surface area contributed by atoms with Gasteiger partial charge in [-0.15, -0.1) is 11.3 Å². The number of amides is 3. The molecule has 0 radical (unpaired) electrons. The van der Waals surface area contributed by atoms with Crippen molar-refractivity contribution in [2.24, 2.45) is 11.3 Å². The van der Waals surface area contributed by atoms with E-state index in [1.165, 1.54) is 11.3 Å². The number of ether oxygens (including phenoxy) is 2. The third-order valence-corrected chi connectivity index (χ3v) is 6.99. The van der Waals surface area contributed by atoms with Gasteiger partial charge in [0.25, 0.3) is 5.91 Å². The molecule has 2 fully saturated rings. The fourth-order valence-electron chi connectivity index (χ4n) is 5.21. The van der Waals surface area contributed by atoms with E-state index >= 15 is 0 Å². The summed E-state index contributed by atoms with van der Waals surface area (Å²) in [6, 6.07) is 6.89. The van der Waals surface area contributed by atoms with E-state index in [0.717, 1.165) is 22.8 Å². The number of imide groups is 1. The average Bonchev–Trinajstić information content (AvgIpc) is 3.29. The predicted octanol–water partition coefficient (Wildman–Crippen LogP) is 4.08. The highest BCUT2D eigenvalue weighted by Crippen LogP contribution is 2.46. The molecule has 1 saturated carbocycles. The highest BCUT2D eigenvalue weighted by Gasteiger charge is 2.56. The van der Waals surface area contributed by atoms with Crippen molar-refractivity contribution in [1.82, 2.24) is 15.2 Å². The summed E-state index contributed by atoms with van der Waals surface area (Å²) in [6.07, 6.45) is 2.13. The SMILES string of the molecule is COc1ccc(Nc2nc(COC(=O)CN3C(=O)N[C@]4(C[C@@H](C)CC(C)(C)C4)C3=O)cs2)cc1. The van der Waals surface area contributed by atoms with Crippen molar-refractivity contribution in [2.45, 2.75) is 52.2 Å². The number of rotatable bonds is 7. The Morgan fingerprint density at radius 1 is 1.26 bits per heavy atom. The molecular weight excluding hydrogens is 456 g/mol. The average molecular weight is 487 g/mol. The normalized spacial score (nSPS) is 23.6. The smallest absolute Gasteiger partial charge is 0.326 e. The van der Waals surface area contributed by atoms with Gasteiger partial charge in [-0.3, -0.25) is 14.5 Å². The molecule has 10 heteroatoms. The number of anilines is 2. The summed E-state index contributed by atoms with van der Waals surface area (Å²) in [5, 5.41) is 8.49. The molecule has 0 bridgehead atoms. The number of thiazole rings is 1. The van der Waals surface area contributed by atoms with Crippen LogP contribution >= 0.6 is 11.3 Å². The molecule has 2 atom stereocenters. The van der Waals surface area contributed by atoms with E-state index < -0.39 is 24.1 Å². The van der Waals surface area contributed by atoms with Crippen LogP contribution in [0.2, 0.25) is 0 Å². The number of hydrogen-bond acceptors (Lipinski definition) is 8. The van der Waals surface area contributed by atoms with Gasteiger partial charge in [0.2, 0.25) is 0 Å². The van der Waals surface area contributed by atoms with Crippen LogP contribution in [0.25, 0.3) is 0 Å². The minimum Gasteiger partial charge on any atom is -0.497 e. The maximum Gasteiger partial charge on any atom is 0.326 e. The molecule has 182 valence electrons. The van der Waals surface area contributed by atoms with Gasteiger partial charge in [-0.1, -0.05) is 20.8 Å². The zero-order valence-electron chi connectivity index (χ0n) is 19.8. The van der Waals surface area contributed by atoms with Gasteiger partial charge >= 0.3 is 12.0 Å². The number of nitrogens with zero attached hydrogens (tertiary/aromatic N) is 2. The zero-order valence-corrected chi connectivity index (χ0v) is 20.7. The number of nitrogens with one attached hydrogen (secondary N) is 2. The number of hydrogen-bond donors (Lipinski definition) is 2. The van der Waals surface area contributed by atoms with Crippen molar-refractivity contribution < 1.29 is 23.9 Å². The summed E-state index contributed by atoms with van der Waals surface area (Å²) >= 11 is 1.38. The van der Waals surface area contributed by atoms with Crippen LogP contribution in [0.5, 0.6) is 5.75 Å². The Kier molecular flexibility index (Phi) is 6.53. The van der Waals surface area contributed by atoms with Gasteiger partial charge < -0.3 is 20.1 Å². The lowest BCUT2D eigenvalue weighted by molar-refractivity contribution is -0.149. The van der Waals surface area contributed by atoms with Crippen LogP contribution in [0.3, 0.4) is 0 Å². The van der Waals surface area contributed by atoms with E-state index in [4.69, 9.17) is 9.47 Å². The number of esters is 1. The lowest BCUT2D eigenvalue weighted by Gasteiger charge is -2.43. The Bertz CT molecular complexity index is 1080. The summed E-state index contributed by atoms with van der Waals surface area (Å²) < 4.78 is 10.5. The Balaban J connectivity index is 1.31. The Hall–Kier alpha value is -3.14. The van der Waals surface area contributed by atoms with Crippen LogP contribution in [0.15, 0.2) is 29.6 Å². The molecule has 34 heavy (non-hydrogen) atoms. The largest absolute Gasteiger partial charge is 0.497 e. The molecule has 2 aromatic rings. The molecule has 4 rings (SSSR count). The second kappa shape index (κ2) is 9.25. The molecule has 1 spiro atoms. The van der Waals surface area contributed by atoms with E-state index in [0.29, 0.717) is 29.6 Å². The second-order valence-corrected chi connectivity index (χ2v) is 10.8. The van der Waals surface area contributed by atoms with Gasteiger partial charge in [0, 0.05) is 11.1 Å². The molecule has 3 amide bonds. The van der Waals surface area contributed by atoms with Crippen LogP contribution in [-0.2, 0) is 20.9 Å². The second-order valence-electron chi connectivity index (χ2n) is 9.92. The van der Waals surface area contributed by atoms with Gasteiger partial charge in [0.05, 0.1) is 12.8 Å². The first kappa shape index (κ1) is 24.0. The number of carbonyl (C=O) groups excluding carboxylic acids is 3. The predicted molar refractivity (Wildman–Crippen MR) is 128 cm³/mol. The van der Waals surface area contributed by atoms with Gasteiger partial charge in [0.15, 0.2) is 5.13 Å². The van der Waals surface area contributed by atoms with E-state index in [-0.39, 0.29) is 17.9 Å². The van der Waals surface area contributed by atoms with Crippen LogP contribution in [-0.4, -0.2) is 47.0 Å². The van der Waals surface area contributed by atoms with Crippen LogP contribution in [0.1, 0.15) is 45.7 Å². The molecule has 1 aliphatic carbocycles. The maximum atomic E-state index is 13.2. The highest BCUT2D eigenvalue weighted by molar-refractivity contribution is 7.13. The molecule has 1 aliphatic heterocycles. The summed E-state index contributed by atoms with van der Waals surface area (Å²) in [6.45, 7) is 5.84. The Labute approximate surface area is 202 Å². The molecule has 9 nitrogen and oxygen atoms in total. The third-order valence-electron chi connectivity index (χ3n) is 6.19. The van der Waals surface area contributed by atoms with Crippen LogP contribution in [0.4, 0.5) is 15.6 Å². The van der Waals surface area contributed by atoms with Crippen LogP contribution < -0.4 is 15.4 Å². The number of carbonyl (C=O) groups is 3. The monoisotopic (exact) mass is 486 g/mol. The lowest BCUT2D eigenvalue weighted by atomic mass is 9.64. The molecule has 1 saturated heterocycles. The zero-order chi connectivity index (χ0) is 24.5. The minimum absolute atomic E-state index is 0.0432. The number of aromatic nitrogens is 1. The van der Waals surface area contributed by atoms with Crippen LogP contribution in [0, 0.1) is 11.3 Å². The van der Waals surface area contributed by atoms with Crippen molar-refractivity contribution in [1.29, 1.82) is 0 Å². The Morgan fingerprint density at radius 2 is 2.00 bits per heavy atom. The van der Waals surface area contributed by atoms with E-state index in [9.17, 15) is 14.4 Å². The van der Waals surface area contributed by atoms with Crippen molar-refractivity contribution in [3.05, 3.63) is 35.3 Å². The summed E-state index contributed by atoms with van der Waals surface area (Å²) in [5.41, 5.74) is 0.423. The maximum absolute atomic E-state index is 13.2. The first-order valence-corrected chi connectivity index (χ1v) is 12.1. The van der Waals surface area contributed by atoms with Crippen molar-refractivity contribution >= 4 is 40.1 Å². The number of urea groups is 1. The topological polar surface area (TPSA) is 110 Å². The molecule has 2 N–H and O–H groups in total. The fraction of sp³-hybridized carbons (Fsp3) is 0.500. The Morgan fingerprint density at radius 3 is 2.68 bits per heavy atom. The first-order chi connectivity index (χ1) is 16.1. The van der Waals surface area contributed by atoms with Crippen molar-refractivity contribution in [2.75, 3.05) is 19.0 Å². The first-order valence-electron chi connectivity index (χ1n) is 11.2. The van der Waals surface area contributed by atoms with Crippen molar-refractivity contribution in [3.8, 4) is 5.75 Å². The quantitative estimate of drug-likeness (QED) is 0.448. The third kappa shape index (κ3) is 5.16. The molecule has 0 unspecified atom stereocenters. The van der Waals surface area contributed by atoms with Crippen molar-refractivity contribution in [3.63, 3.8) is 0 Å². The molecule has 2 heterocycles. The fourth-order valence-corrected chi connectivity index (χ4v) is 5.92. The van der Waals surface area contributed by atoms with Gasteiger partial charge in [-0.2, -0.15) is 0 Å². The number of benzene rings is 1. The van der Waals surface area contributed by atoms with Gasteiger partial charge in [0.1, 0.15) is 24.4 Å². The molecule has 2 aliphatic rings. The molecular formula is C24H30N4O5S. The summed E-state index contributed by atoms with van der Waals surface area (Å²) in [4.78, 5) is 43.6. The molecule has 1 aromatic heterocycles. The summed E-state index contributed by atoms with van der Waals surface area (Å²) in [7, 11) is 1.61. The van der Waals surface area contributed by atoms with E-state index in [1.54, 1.807) is 12.5 Å². The number of methoxy groups -OCH3 is 1. The highest BCUT2D eigenvalue weighted by atomic mass is 32.1. The minimum atomic E-state index is -0.935. The molecule has 1 aromatic carbocycles. The van der Waals surface area contributed by atoms with Gasteiger partial charge in [-0.05, 0) is 54.9 Å². The standard InChI is InChI=1S/C24H30N4O5S/c1-15-9-23(2,3)14-24(10-15)20(30)28(22(31)27-24)11-19(29)33-12-17-13-34-21(26-17)25-16-5-7-18(32-4)8-6-16/h5-8,13,15H,9-12,14H2,1-4H3,(H,25,26)(H,27,31)/t15-,24-/m0/s1. The lowest BCUT2D eigenvalue weighted by Crippen LogP contribution is -2.54.